The molecule has 0 aliphatic heterocycles. The molecule has 0 aliphatic carbocycles. The Morgan fingerprint density at radius 2 is 2.44 bits per heavy atom. The monoisotopic (exact) mass is 130 g/mol. The maximum Gasteiger partial charge on any atom is 0.110 e. The van der Waals surface area contributed by atoms with Crippen molar-refractivity contribution in [3.05, 3.63) is 0 Å². The first-order chi connectivity index (χ1) is 4.20. The molecule has 1 unspecified atom stereocenters. The fourth-order valence-corrected chi connectivity index (χ4v) is 0.372. The van der Waals surface area contributed by atoms with Gasteiger partial charge in [0.05, 0.1) is 0 Å². The number of rotatable bonds is 4. The summed E-state index contributed by atoms with van der Waals surface area (Å²) in [6, 6.07) is 0. The summed E-state index contributed by atoms with van der Waals surface area (Å²) in [4.78, 5) is 3.69. The fraction of sp³-hybridized carbons (Fsp3) is 0.800. The summed E-state index contributed by atoms with van der Waals surface area (Å²) in [7, 11) is 0. The van der Waals surface area contributed by atoms with E-state index in [4.69, 9.17) is 5.84 Å². The van der Waals surface area contributed by atoms with Crippen LogP contribution in [0.25, 0.3) is 0 Å². The lowest BCUT2D eigenvalue weighted by Gasteiger charge is -2.17. The Morgan fingerprint density at radius 3 is 2.78 bits per heavy atom. The Labute approximate surface area is 55.7 Å². The summed E-state index contributed by atoms with van der Waals surface area (Å²) in [5.41, 5.74) is 2.86. The highest BCUT2D eigenvalue weighted by molar-refractivity contribution is 5.23. The molecule has 4 nitrogen and oxygen atoms in total. The number of hydrazine groups is 2. The predicted molar refractivity (Wildman–Crippen MR) is 38.7 cm³/mol. The van der Waals surface area contributed by atoms with Gasteiger partial charge < -0.3 is 0 Å². The first-order valence-corrected chi connectivity index (χ1v) is 2.95. The van der Waals surface area contributed by atoms with Crippen LogP contribution >= 0.6 is 0 Å². The highest BCUT2D eigenvalue weighted by Crippen LogP contribution is 1.79. The first-order valence-electron chi connectivity index (χ1n) is 2.95. The molecule has 0 spiro atoms. The maximum absolute atomic E-state index is 5.38. The number of hydrogen-bond acceptors (Lipinski definition) is 4. The number of nitrogens with two attached hydrogens (primary N) is 1. The Balaban J connectivity index is 3.33. The molecule has 0 heterocycles. The zero-order valence-electron chi connectivity index (χ0n) is 5.96. The van der Waals surface area contributed by atoms with Crippen LogP contribution in [0.4, 0.5) is 0 Å². The van der Waals surface area contributed by atoms with Crippen molar-refractivity contribution in [1.82, 2.24) is 10.5 Å². The third kappa shape index (κ3) is 4.08. The largest absolute Gasteiger partial charge is 0.281 e. The molecule has 0 aliphatic rings. The van der Waals surface area contributed by atoms with Gasteiger partial charge in [-0.3, -0.25) is 10.8 Å². The molecular formula is C5H14N4. The average Bonchev–Trinajstić information content (AvgIpc) is 1.87. The molecule has 0 radical (unpaired) electrons. The smallest absolute Gasteiger partial charge is 0.110 e. The van der Waals surface area contributed by atoms with Crippen molar-refractivity contribution < 1.29 is 0 Å². The van der Waals surface area contributed by atoms with Gasteiger partial charge in [-0.2, -0.15) is 5.12 Å². The van der Waals surface area contributed by atoms with E-state index in [1.54, 1.807) is 0 Å². The average molecular weight is 130 g/mol. The third-order valence-electron chi connectivity index (χ3n) is 0.967. The van der Waals surface area contributed by atoms with Crippen LogP contribution in [0, 0.1) is 0 Å². The molecule has 1 atom stereocenters. The molecule has 0 aromatic rings. The topological polar surface area (TPSA) is 53.7 Å². The minimum absolute atomic E-state index is 0.00468. The zero-order valence-corrected chi connectivity index (χ0v) is 5.96. The van der Waals surface area contributed by atoms with Crippen molar-refractivity contribution >= 4 is 6.72 Å². The van der Waals surface area contributed by atoms with Crippen LogP contribution in [-0.2, 0) is 0 Å². The van der Waals surface area contributed by atoms with Crippen molar-refractivity contribution in [1.29, 1.82) is 0 Å². The standard InChI is InChI=1S/C5H14N4/c1-4-9(6)8-5(2)7-3/h5,8H,3-4,6H2,1-2H3. The van der Waals surface area contributed by atoms with Gasteiger partial charge >= 0.3 is 0 Å². The molecule has 0 saturated carbocycles. The Kier molecular flexibility index (Phi) is 4.21. The SMILES string of the molecule is C=NC(C)NN(N)CC. The van der Waals surface area contributed by atoms with E-state index in [1.807, 2.05) is 13.8 Å². The van der Waals surface area contributed by atoms with Gasteiger partial charge in [0.1, 0.15) is 6.17 Å². The van der Waals surface area contributed by atoms with Crippen molar-refractivity contribution in [3.63, 3.8) is 0 Å². The van der Waals surface area contributed by atoms with E-state index in [1.165, 1.54) is 5.12 Å². The minimum atomic E-state index is -0.00468. The van der Waals surface area contributed by atoms with Crippen LogP contribution in [0.15, 0.2) is 4.99 Å². The second-order valence-corrected chi connectivity index (χ2v) is 1.77. The highest BCUT2D eigenvalue weighted by atomic mass is 15.7. The van der Waals surface area contributed by atoms with Gasteiger partial charge in [0.25, 0.3) is 0 Å². The van der Waals surface area contributed by atoms with Crippen LogP contribution in [-0.4, -0.2) is 24.5 Å². The quantitative estimate of drug-likeness (QED) is 0.313. The second kappa shape index (κ2) is 4.43. The van der Waals surface area contributed by atoms with Crippen molar-refractivity contribution in [2.24, 2.45) is 10.8 Å². The summed E-state index contributed by atoms with van der Waals surface area (Å²) in [6.07, 6.45) is -0.00468. The summed E-state index contributed by atoms with van der Waals surface area (Å²) < 4.78 is 0. The molecular weight excluding hydrogens is 116 g/mol. The second-order valence-electron chi connectivity index (χ2n) is 1.77. The molecule has 0 rings (SSSR count). The van der Waals surface area contributed by atoms with Crippen LogP contribution in [0.1, 0.15) is 13.8 Å². The van der Waals surface area contributed by atoms with Gasteiger partial charge in [0, 0.05) is 6.54 Å². The molecule has 54 valence electrons. The Morgan fingerprint density at radius 1 is 1.89 bits per heavy atom. The van der Waals surface area contributed by atoms with Gasteiger partial charge in [-0.1, -0.05) is 0 Å². The van der Waals surface area contributed by atoms with Crippen LogP contribution in [0.2, 0.25) is 0 Å². The minimum Gasteiger partial charge on any atom is -0.281 e. The van der Waals surface area contributed by atoms with Crippen molar-refractivity contribution in [2.75, 3.05) is 6.54 Å². The lowest BCUT2D eigenvalue weighted by Crippen LogP contribution is -2.47. The molecule has 0 amide bonds. The van der Waals surface area contributed by atoms with Gasteiger partial charge in [0.2, 0.25) is 0 Å². The van der Waals surface area contributed by atoms with E-state index in [2.05, 4.69) is 17.1 Å². The van der Waals surface area contributed by atoms with Gasteiger partial charge in [-0.05, 0) is 20.6 Å². The molecule has 3 N–H and O–H groups in total. The van der Waals surface area contributed by atoms with Crippen LogP contribution < -0.4 is 11.3 Å². The number of hydrogen-bond donors (Lipinski definition) is 2. The summed E-state index contributed by atoms with van der Waals surface area (Å²) in [5.74, 6) is 5.38. The normalized spacial score (nSPS) is 13.8. The van der Waals surface area contributed by atoms with E-state index in [-0.39, 0.29) is 6.17 Å². The Bertz CT molecular complexity index is 83.0. The van der Waals surface area contributed by atoms with E-state index in [0.29, 0.717) is 0 Å². The number of aliphatic imine (C=N–C) groups is 1. The molecule has 0 fully saturated rings. The van der Waals surface area contributed by atoms with Crippen LogP contribution in [0.3, 0.4) is 0 Å². The molecule has 4 heteroatoms. The lowest BCUT2D eigenvalue weighted by molar-refractivity contribution is 0.177. The highest BCUT2D eigenvalue weighted by Gasteiger charge is 1.97. The summed E-state index contributed by atoms with van der Waals surface area (Å²) in [5, 5.41) is 1.47. The summed E-state index contributed by atoms with van der Waals surface area (Å²) >= 11 is 0. The van der Waals surface area contributed by atoms with E-state index in [9.17, 15) is 0 Å². The van der Waals surface area contributed by atoms with Gasteiger partial charge in [-0.25, -0.2) is 5.43 Å². The molecule has 0 aromatic carbocycles. The van der Waals surface area contributed by atoms with Gasteiger partial charge in [-0.15, -0.1) is 0 Å². The van der Waals surface area contributed by atoms with Crippen molar-refractivity contribution in [2.45, 2.75) is 20.0 Å². The number of nitrogens with zero attached hydrogens (tertiary/aromatic N) is 2. The fourth-order valence-electron chi connectivity index (χ4n) is 0.372. The maximum atomic E-state index is 5.38. The van der Waals surface area contributed by atoms with E-state index in [0.717, 1.165) is 6.54 Å². The van der Waals surface area contributed by atoms with E-state index < -0.39 is 0 Å². The number of nitrogens with one attached hydrogen (secondary N) is 1. The molecule has 9 heavy (non-hydrogen) atoms. The van der Waals surface area contributed by atoms with Gasteiger partial charge in [0.15, 0.2) is 0 Å². The lowest BCUT2D eigenvalue weighted by atomic mass is 10.6. The zero-order chi connectivity index (χ0) is 7.28. The third-order valence-corrected chi connectivity index (χ3v) is 0.967. The first kappa shape index (κ1) is 8.55. The predicted octanol–water partition coefficient (Wildman–Crippen LogP) is -0.267. The van der Waals surface area contributed by atoms with Crippen molar-refractivity contribution in [3.8, 4) is 0 Å². The Hall–Kier alpha value is -0.450. The molecule has 0 bridgehead atoms. The van der Waals surface area contributed by atoms with Crippen LogP contribution in [0.5, 0.6) is 0 Å². The van der Waals surface area contributed by atoms with E-state index >= 15 is 0 Å². The molecule has 0 saturated heterocycles. The summed E-state index contributed by atoms with van der Waals surface area (Å²) in [6.45, 7) is 7.93. The molecule has 0 aromatic heterocycles.